The lowest BCUT2D eigenvalue weighted by Crippen LogP contribution is -2.46. The van der Waals surface area contributed by atoms with Crippen LogP contribution in [-0.2, 0) is 11.3 Å². The number of methoxy groups -OCH3 is 1. The van der Waals surface area contributed by atoms with Crippen molar-refractivity contribution in [2.75, 3.05) is 26.8 Å². The van der Waals surface area contributed by atoms with Crippen LogP contribution in [0.1, 0.15) is 18.5 Å². The number of ether oxygens (including phenoxy) is 2. The van der Waals surface area contributed by atoms with Crippen molar-refractivity contribution in [3.63, 3.8) is 0 Å². The molecule has 0 saturated carbocycles. The number of fused-ring (bicyclic) bond motifs is 1. The number of morpholine rings is 1. The van der Waals surface area contributed by atoms with Gasteiger partial charge in [0, 0.05) is 25.7 Å². The molecule has 2 heterocycles. The fraction of sp³-hybridized carbons (Fsp3) is 0.381. The Bertz CT molecular complexity index is 970. The predicted octanol–water partition coefficient (Wildman–Crippen LogP) is 3.22. The standard InChI is InChI=1S/C21H25N3O3.ClH/c1-15(24-19-12-17(26-2)8-9-18(19)22-21(24)25)20-14-23(10-11-27-20)13-16-6-4-3-5-7-16;/h3-9,12,15,20H,10-11,13-14H2,1-2H3,(H,22,25);1H. The minimum Gasteiger partial charge on any atom is -0.497 e. The van der Waals surface area contributed by atoms with Crippen molar-refractivity contribution in [2.45, 2.75) is 25.6 Å². The summed E-state index contributed by atoms with van der Waals surface area (Å²) < 4.78 is 13.2. The monoisotopic (exact) mass is 403 g/mol. The summed E-state index contributed by atoms with van der Waals surface area (Å²) in [7, 11) is 1.63. The minimum atomic E-state index is -0.116. The molecule has 2 atom stereocenters. The molecule has 1 fully saturated rings. The summed E-state index contributed by atoms with van der Waals surface area (Å²) in [6, 6.07) is 16.0. The fourth-order valence-corrected chi connectivity index (χ4v) is 3.81. The van der Waals surface area contributed by atoms with Gasteiger partial charge < -0.3 is 14.5 Å². The minimum absolute atomic E-state index is 0. The first kappa shape index (κ1) is 20.5. The van der Waals surface area contributed by atoms with Crippen molar-refractivity contribution in [3.8, 4) is 5.75 Å². The Hall–Kier alpha value is -2.28. The van der Waals surface area contributed by atoms with E-state index in [0.717, 1.165) is 36.4 Å². The average Bonchev–Trinajstić information content (AvgIpc) is 3.03. The highest BCUT2D eigenvalue weighted by Crippen LogP contribution is 2.25. The number of aromatic amines is 1. The molecule has 28 heavy (non-hydrogen) atoms. The van der Waals surface area contributed by atoms with E-state index in [2.05, 4.69) is 34.1 Å². The molecule has 4 rings (SSSR count). The van der Waals surface area contributed by atoms with Crippen molar-refractivity contribution in [1.82, 2.24) is 14.5 Å². The second-order valence-corrected chi connectivity index (χ2v) is 7.05. The summed E-state index contributed by atoms with van der Waals surface area (Å²) in [5.41, 5.74) is 2.83. The number of nitrogens with one attached hydrogen (secondary N) is 1. The van der Waals surface area contributed by atoms with E-state index >= 15 is 0 Å². The van der Waals surface area contributed by atoms with Crippen molar-refractivity contribution in [2.24, 2.45) is 0 Å². The van der Waals surface area contributed by atoms with Gasteiger partial charge >= 0.3 is 5.69 Å². The Labute approximate surface area is 170 Å². The number of rotatable bonds is 5. The Morgan fingerprint density at radius 3 is 2.79 bits per heavy atom. The summed E-state index contributed by atoms with van der Waals surface area (Å²) in [4.78, 5) is 17.9. The van der Waals surface area contributed by atoms with Crippen LogP contribution < -0.4 is 10.4 Å². The molecule has 2 aromatic carbocycles. The molecule has 1 N–H and O–H groups in total. The summed E-state index contributed by atoms with van der Waals surface area (Å²) in [6.45, 7) is 5.30. The van der Waals surface area contributed by atoms with E-state index in [1.165, 1.54) is 5.56 Å². The lowest BCUT2D eigenvalue weighted by atomic mass is 10.1. The van der Waals surface area contributed by atoms with Gasteiger partial charge in [-0.3, -0.25) is 9.47 Å². The lowest BCUT2D eigenvalue weighted by Gasteiger charge is -2.36. The third kappa shape index (κ3) is 4.09. The molecule has 2 unspecified atom stereocenters. The SMILES string of the molecule is COc1ccc2[nH]c(=O)n(C(C)C3CN(Cc4ccccc4)CCO3)c2c1.Cl. The molecule has 1 aromatic heterocycles. The maximum atomic E-state index is 12.6. The Morgan fingerprint density at radius 2 is 2.04 bits per heavy atom. The van der Waals surface area contributed by atoms with Crippen LogP contribution in [-0.4, -0.2) is 47.4 Å². The summed E-state index contributed by atoms with van der Waals surface area (Å²) in [6.07, 6.45) is -0.0506. The number of imidazole rings is 1. The molecule has 1 aliphatic rings. The predicted molar refractivity (Wildman–Crippen MR) is 113 cm³/mol. The van der Waals surface area contributed by atoms with Gasteiger partial charge in [-0.15, -0.1) is 12.4 Å². The fourth-order valence-electron chi connectivity index (χ4n) is 3.81. The average molecular weight is 404 g/mol. The van der Waals surface area contributed by atoms with Crippen molar-refractivity contribution < 1.29 is 9.47 Å². The number of halogens is 1. The second kappa shape index (κ2) is 8.82. The van der Waals surface area contributed by atoms with Gasteiger partial charge in [0.1, 0.15) is 5.75 Å². The van der Waals surface area contributed by atoms with Crippen molar-refractivity contribution >= 4 is 23.4 Å². The van der Waals surface area contributed by atoms with Crippen LogP contribution in [0.25, 0.3) is 11.0 Å². The van der Waals surface area contributed by atoms with Crippen LogP contribution in [0.15, 0.2) is 53.3 Å². The van der Waals surface area contributed by atoms with Crippen molar-refractivity contribution in [3.05, 3.63) is 64.6 Å². The topological polar surface area (TPSA) is 59.5 Å². The molecule has 1 aliphatic heterocycles. The number of nitrogens with zero attached hydrogens (tertiary/aromatic N) is 2. The molecule has 3 aromatic rings. The van der Waals surface area contributed by atoms with Crippen LogP contribution in [0.3, 0.4) is 0 Å². The molecule has 0 amide bonds. The maximum Gasteiger partial charge on any atom is 0.326 e. The van der Waals surface area contributed by atoms with Crippen LogP contribution >= 0.6 is 12.4 Å². The largest absolute Gasteiger partial charge is 0.497 e. The summed E-state index contributed by atoms with van der Waals surface area (Å²) >= 11 is 0. The highest BCUT2D eigenvalue weighted by atomic mass is 35.5. The maximum absolute atomic E-state index is 12.6. The van der Waals surface area contributed by atoms with Gasteiger partial charge in [0.05, 0.1) is 36.9 Å². The van der Waals surface area contributed by atoms with Gasteiger partial charge in [-0.1, -0.05) is 30.3 Å². The van der Waals surface area contributed by atoms with Crippen LogP contribution in [0.2, 0.25) is 0 Å². The number of H-pyrrole nitrogens is 1. The van der Waals surface area contributed by atoms with Gasteiger partial charge in [0.25, 0.3) is 0 Å². The van der Waals surface area contributed by atoms with E-state index in [1.54, 1.807) is 11.7 Å². The quantitative estimate of drug-likeness (QED) is 0.710. The Morgan fingerprint density at radius 1 is 1.25 bits per heavy atom. The number of aromatic nitrogens is 2. The molecular formula is C21H26ClN3O3. The Balaban J connectivity index is 0.00000225. The summed E-state index contributed by atoms with van der Waals surface area (Å²) in [5.74, 6) is 0.734. The zero-order valence-corrected chi connectivity index (χ0v) is 16.9. The molecule has 1 saturated heterocycles. The molecule has 7 heteroatoms. The van der Waals surface area contributed by atoms with E-state index in [0.29, 0.717) is 6.61 Å². The smallest absolute Gasteiger partial charge is 0.326 e. The van der Waals surface area contributed by atoms with Crippen LogP contribution in [0, 0.1) is 0 Å². The van der Waals surface area contributed by atoms with Gasteiger partial charge in [-0.25, -0.2) is 4.79 Å². The number of hydrogen-bond donors (Lipinski definition) is 1. The normalized spacial score (nSPS) is 18.6. The lowest BCUT2D eigenvalue weighted by molar-refractivity contribution is -0.0529. The van der Waals surface area contributed by atoms with E-state index < -0.39 is 0 Å². The molecule has 0 spiro atoms. The molecule has 0 bridgehead atoms. The first-order valence-corrected chi connectivity index (χ1v) is 9.32. The Kier molecular flexibility index (Phi) is 6.44. The van der Waals surface area contributed by atoms with Gasteiger partial charge in [0.15, 0.2) is 0 Å². The van der Waals surface area contributed by atoms with Gasteiger partial charge in [-0.05, 0) is 24.6 Å². The summed E-state index contributed by atoms with van der Waals surface area (Å²) in [5, 5.41) is 0. The van der Waals surface area contributed by atoms with Gasteiger partial charge in [0.2, 0.25) is 0 Å². The number of benzene rings is 2. The third-order valence-corrected chi connectivity index (χ3v) is 5.30. The first-order valence-electron chi connectivity index (χ1n) is 9.32. The molecular weight excluding hydrogens is 378 g/mol. The molecule has 0 radical (unpaired) electrons. The molecule has 0 aliphatic carbocycles. The van der Waals surface area contributed by atoms with E-state index in [9.17, 15) is 4.79 Å². The van der Waals surface area contributed by atoms with Crippen molar-refractivity contribution in [1.29, 1.82) is 0 Å². The highest BCUT2D eigenvalue weighted by Gasteiger charge is 2.28. The zero-order valence-electron chi connectivity index (χ0n) is 16.1. The molecule has 150 valence electrons. The van der Waals surface area contributed by atoms with Crippen LogP contribution in [0.4, 0.5) is 0 Å². The first-order chi connectivity index (χ1) is 13.2. The van der Waals surface area contributed by atoms with Crippen LogP contribution in [0.5, 0.6) is 5.75 Å². The van der Waals surface area contributed by atoms with E-state index in [1.807, 2.05) is 31.2 Å². The van der Waals surface area contributed by atoms with E-state index in [-0.39, 0.29) is 30.2 Å². The van der Waals surface area contributed by atoms with E-state index in [4.69, 9.17) is 9.47 Å². The number of hydrogen-bond acceptors (Lipinski definition) is 4. The molecule has 6 nitrogen and oxygen atoms in total. The third-order valence-electron chi connectivity index (χ3n) is 5.30. The zero-order chi connectivity index (χ0) is 18.8. The van der Waals surface area contributed by atoms with Gasteiger partial charge in [-0.2, -0.15) is 0 Å². The highest BCUT2D eigenvalue weighted by molar-refractivity contribution is 5.85. The second-order valence-electron chi connectivity index (χ2n) is 7.05.